The van der Waals surface area contributed by atoms with Crippen molar-refractivity contribution < 1.29 is 9.90 Å². The lowest BCUT2D eigenvalue weighted by Gasteiger charge is -2.40. The third-order valence-corrected chi connectivity index (χ3v) is 5.99. The lowest BCUT2D eigenvalue weighted by atomic mass is 9.89. The highest BCUT2D eigenvalue weighted by Gasteiger charge is 2.36. The van der Waals surface area contributed by atoms with Crippen molar-refractivity contribution in [3.8, 4) is 0 Å². The molecule has 0 saturated carbocycles. The summed E-state index contributed by atoms with van der Waals surface area (Å²) in [6.45, 7) is 4.84. The van der Waals surface area contributed by atoms with Crippen LogP contribution in [0.5, 0.6) is 0 Å². The largest absolute Gasteiger partial charge is 0.480 e. The van der Waals surface area contributed by atoms with Gasteiger partial charge in [-0.2, -0.15) is 0 Å². The minimum Gasteiger partial charge on any atom is -0.480 e. The van der Waals surface area contributed by atoms with Gasteiger partial charge in [0, 0.05) is 0 Å². The summed E-state index contributed by atoms with van der Waals surface area (Å²) in [5, 5.41) is 10.8. The summed E-state index contributed by atoms with van der Waals surface area (Å²) >= 11 is 12.8. The Balaban J connectivity index is 2.18. The van der Waals surface area contributed by atoms with Crippen LogP contribution in [-0.2, 0) is 4.79 Å². The predicted molar refractivity (Wildman–Crippen MR) is 106 cm³/mol. The fourth-order valence-electron chi connectivity index (χ4n) is 3.92. The molecule has 1 aliphatic heterocycles. The third kappa shape index (κ3) is 3.75. The zero-order chi connectivity index (χ0) is 18.8. The average molecular weight is 392 g/mol. The molecule has 0 aliphatic carbocycles. The molecule has 1 fully saturated rings. The maximum Gasteiger partial charge on any atom is 0.320 e. The van der Waals surface area contributed by atoms with E-state index in [2.05, 4.69) is 36.9 Å². The van der Waals surface area contributed by atoms with Gasteiger partial charge in [-0.05, 0) is 56.0 Å². The molecule has 2 atom stereocenters. The second kappa shape index (κ2) is 7.99. The number of carboxylic acid groups (broad SMARTS) is 1. The van der Waals surface area contributed by atoms with Gasteiger partial charge < -0.3 is 5.11 Å². The van der Waals surface area contributed by atoms with Crippen LogP contribution in [0.25, 0.3) is 0 Å². The van der Waals surface area contributed by atoms with Gasteiger partial charge in [-0.3, -0.25) is 9.69 Å². The number of carbonyl (C=O) groups is 1. The van der Waals surface area contributed by atoms with Crippen molar-refractivity contribution >= 4 is 29.2 Å². The highest BCUT2D eigenvalue weighted by atomic mass is 35.5. The SMILES string of the molecule is Cc1ccc(C(c2cccc(Cl)c2Cl)N2CCCCC2C(=O)O)c(C)c1. The number of carboxylic acids is 1. The zero-order valence-electron chi connectivity index (χ0n) is 15.0. The van der Waals surface area contributed by atoms with Gasteiger partial charge in [0.05, 0.1) is 16.1 Å². The van der Waals surface area contributed by atoms with Gasteiger partial charge in [0.1, 0.15) is 6.04 Å². The molecule has 2 unspecified atom stereocenters. The summed E-state index contributed by atoms with van der Waals surface area (Å²) in [5.74, 6) is -0.780. The molecule has 0 spiro atoms. The smallest absolute Gasteiger partial charge is 0.320 e. The fraction of sp³-hybridized carbons (Fsp3) is 0.381. The Morgan fingerprint density at radius 3 is 2.62 bits per heavy atom. The molecule has 1 N–H and O–H groups in total. The number of halogens is 2. The van der Waals surface area contributed by atoms with E-state index in [0.29, 0.717) is 16.5 Å². The van der Waals surface area contributed by atoms with E-state index >= 15 is 0 Å². The number of nitrogens with zero attached hydrogens (tertiary/aromatic N) is 1. The molecule has 26 heavy (non-hydrogen) atoms. The lowest BCUT2D eigenvalue weighted by Crippen LogP contribution is -2.47. The first-order valence-electron chi connectivity index (χ1n) is 8.89. The number of rotatable bonds is 4. The van der Waals surface area contributed by atoms with Crippen molar-refractivity contribution in [3.05, 3.63) is 68.7 Å². The summed E-state index contributed by atoms with van der Waals surface area (Å²) < 4.78 is 0. The lowest BCUT2D eigenvalue weighted by molar-refractivity contribution is -0.145. The van der Waals surface area contributed by atoms with E-state index in [4.69, 9.17) is 23.2 Å². The van der Waals surface area contributed by atoms with E-state index in [0.717, 1.165) is 36.1 Å². The summed E-state index contributed by atoms with van der Waals surface area (Å²) in [5.41, 5.74) is 4.24. The summed E-state index contributed by atoms with van der Waals surface area (Å²) in [6, 6.07) is 11.1. The molecular weight excluding hydrogens is 369 g/mol. The Bertz CT molecular complexity index is 822. The molecule has 0 aromatic heterocycles. The number of piperidine rings is 1. The van der Waals surface area contributed by atoms with Crippen molar-refractivity contribution in [1.82, 2.24) is 4.90 Å². The minimum absolute atomic E-state index is 0.233. The molecule has 3 nitrogen and oxygen atoms in total. The average Bonchev–Trinajstić information content (AvgIpc) is 2.61. The van der Waals surface area contributed by atoms with E-state index in [1.165, 1.54) is 5.56 Å². The monoisotopic (exact) mass is 391 g/mol. The number of hydrogen-bond acceptors (Lipinski definition) is 2. The van der Waals surface area contributed by atoms with Crippen molar-refractivity contribution in [1.29, 1.82) is 0 Å². The Labute approximate surface area is 164 Å². The van der Waals surface area contributed by atoms with Crippen LogP contribution in [0.1, 0.15) is 47.6 Å². The van der Waals surface area contributed by atoms with Gasteiger partial charge in [0.2, 0.25) is 0 Å². The highest BCUT2D eigenvalue weighted by Crippen LogP contribution is 2.40. The van der Waals surface area contributed by atoms with Crippen LogP contribution in [0.15, 0.2) is 36.4 Å². The van der Waals surface area contributed by atoms with Gasteiger partial charge in [0.25, 0.3) is 0 Å². The number of aryl methyl sites for hydroxylation is 2. The topological polar surface area (TPSA) is 40.5 Å². The minimum atomic E-state index is -0.780. The first kappa shape index (κ1) is 19.2. The van der Waals surface area contributed by atoms with Crippen molar-refractivity contribution in [3.63, 3.8) is 0 Å². The summed E-state index contributed by atoms with van der Waals surface area (Å²) in [7, 11) is 0. The fourth-order valence-corrected chi connectivity index (χ4v) is 4.33. The number of hydrogen-bond donors (Lipinski definition) is 1. The van der Waals surface area contributed by atoms with Gasteiger partial charge in [-0.25, -0.2) is 0 Å². The van der Waals surface area contributed by atoms with Gasteiger partial charge in [-0.15, -0.1) is 0 Å². The molecule has 2 aromatic rings. The molecule has 5 heteroatoms. The van der Waals surface area contributed by atoms with Crippen molar-refractivity contribution in [2.45, 2.75) is 45.2 Å². The highest BCUT2D eigenvalue weighted by molar-refractivity contribution is 6.42. The van der Waals surface area contributed by atoms with Crippen LogP contribution in [0.4, 0.5) is 0 Å². The summed E-state index contributed by atoms with van der Waals surface area (Å²) in [4.78, 5) is 14.0. The molecular formula is C21H23Cl2NO2. The van der Waals surface area contributed by atoms with Crippen LogP contribution in [0, 0.1) is 13.8 Å². The van der Waals surface area contributed by atoms with E-state index in [1.807, 2.05) is 12.1 Å². The Morgan fingerprint density at radius 2 is 1.92 bits per heavy atom. The molecule has 0 amide bonds. The number of benzene rings is 2. The molecule has 1 aliphatic rings. The zero-order valence-corrected chi connectivity index (χ0v) is 16.5. The second-order valence-electron chi connectivity index (χ2n) is 6.99. The molecule has 0 bridgehead atoms. The second-order valence-corrected chi connectivity index (χ2v) is 7.78. The van der Waals surface area contributed by atoms with Crippen LogP contribution >= 0.6 is 23.2 Å². The van der Waals surface area contributed by atoms with Gasteiger partial charge in [-0.1, -0.05) is 65.5 Å². The van der Waals surface area contributed by atoms with Crippen LogP contribution < -0.4 is 0 Å². The van der Waals surface area contributed by atoms with Crippen molar-refractivity contribution in [2.24, 2.45) is 0 Å². The Hall–Kier alpha value is -1.55. The third-order valence-electron chi connectivity index (χ3n) is 5.16. The van der Waals surface area contributed by atoms with Crippen LogP contribution in [0.3, 0.4) is 0 Å². The normalized spacial score (nSPS) is 19.3. The molecule has 2 aromatic carbocycles. The van der Waals surface area contributed by atoms with Gasteiger partial charge in [0.15, 0.2) is 0 Å². The Kier molecular flexibility index (Phi) is 5.91. The number of likely N-dealkylation sites (tertiary alicyclic amines) is 1. The van der Waals surface area contributed by atoms with E-state index in [1.54, 1.807) is 6.07 Å². The first-order valence-corrected chi connectivity index (χ1v) is 9.65. The molecule has 3 rings (SSSR count). The first-order chi connectivity index (χ1) is 12.4. The van der Waals surface area contributed by atoms with E-state index in [-0.39, 0.29) is 6.04 Å². The van der Waals surface area contributed by atoms with Crippen LogP contribution in [-0.4, -0.2) is 28.6 Å². The number of aliphatic carboxylic acids is 1. The van der Waals surface area contributed by atoms with Crippen molar-refractivity contribution in [2.75, 3.05) is 6.54 Å². The standard InChI is InChI=1S/C21H23Cl2NO2/c1-13-9-10-15(14(2)12-13)20(16-6-5-7-17(22)19(16)23)24-11-4-3-8-18(24)21(25)26/h5-7,9-10,12,18,20H,3-4,8,11H2,1-2H3,(H,25,26). The van der Waals surface area contributed by atoms with Gasteiger partial charge >= 0.3 is 5.97 Å². The maximum atomic E-state index is 11.9. The molecule has 0 radical (unpaired) electrons. The predicted octanol–water partition coefficient (Wildman–Crippen LogP) is 5.64. The van der Waals surface area contributed by atoms with E-state index in [9.17, 15) is 9.90 Å². The maximum absolute atomic E-state index is 11.9. The molecule has 1 saturated heterocycles. The Morgan fingerprint density at radius 1 is 1.15 bits per heavy atom. The quantitative estimate of drug-likeness (QED) is 0.732. The molecule has 138 valence electrons. The van der Waals surface area contributed by atoms with Crippen LogP contribution in [0.2, 0.25) is 10.0 Å². The summed E-state index contributed by atoms with van der Waals surface area (Å²) in [6.07, 6.45) is 2.55. The molecule has 1 heterocycles. The van der Waals surface area contributed by atoms with E-state index < -0.39 is 12.0 Å².